The Bertz CT molecular complexity index is 1570. The molecule has 0 aliphatic carbocycles. The lowest BCUT2D eigenvalue weighted by Crippen LogP contribution is -2.68. The summed E-state index contributed by atoms with van der Waals surface area (Å²) in [5.74, 6) is 2.09. The number of piperazine rings is 1. The minimum Gasteiger partial charge on any atom is -0.493 e. The first-order valence-electron chi connectivity index (χ1n) is 14.7. The summed E-state index contributed by atoms with van der Waals surface area (Å²) in [6.07, 6.45) is 1.05. The van der Waals surface area contributed by atoms with Crippen LogP contribution in [0.3, 0.4) is 0 Å². The number of likely N-dealkylation sites (N-methyl/N-ethyl adjacent to an activating group) is 1. The molecule has 12 heteroatoms. The largest absolute Gasteiger partial charge is 0.493 e. The zero-order valence-corrected chi connectivity index (χ0v) is 26.1. The topological polar surface area (TPSA) is 132 Å². The van der Waals surface area contributed by atoms with E-state index in [1.807, 2.05) is 20.9 Å². The first kappa shape index (κ1) is 30.0. The van der Waals surface area contributed by atoms with Crippen molar-refractivity contribution in [3.63, 3.8) is 0 Å². The van der Waals surface area contributed by atoms with E-state index in [2.05, 4.69) is 27.3 Å². The number of carbonyl (C=O) groups excluding carboxylic acids is 2. The number of nitrogens with one attached hydrogen (secondary N) is 1. The Hall–Kier alpha value is -4.05. The lowest BCUT2D eigenvalue weighted by atomic mass is 9.71. The molecule has 4 unspecified atom stereocenters. The molecular weight excluding hydrogens is 568 g/mol. The van der Waals surface area contributed by atoms with E-state index in [9.17, 15) is 14.9 Å². The third-order valence-corrected chi connectivity index (χ3v) is 9.36. The van der Waals surface area contributed by atoms with E-state index in [1.165, 1.54) is 13.8 Å². The highest BCUT2D eigenvalue weighted by Gasteiger charge is 2.57. The van der Waals surface area contributed by atoms with Crippen LogP contribution in [0.15, 0.2) is 6.07 Å². The highest BCUT2D eigenvalue weighted by molar-refractivity contribution is 5.75. The van der Waals surface area contributed by atoms with Crippen LogP contribution in [0, 0.1) is 25.2 Å². The third kappa shape index (κ3) is 4.53. The van der Waals surface area contributed by atoms with E-state index < -0.39 is 18.1 Å². The number of carbonyl (C=O) groups is 2. The van der Waals surface area contributed by atoms with Gasteiger partial charge in [0.15, 0.2) is 29.8 Å². The van der Waals surface area contributed by atoms with Crippen molar-refractivity contribution in [2.45, 2.75) is 70.7 Å². The van der Waals surface area contributed by atoms with Crippen LogP contribution in [0.2, 0.25) is 0 Å². The summed E-state index contributed by atoms with van der Waals surface area (Å²) in [4.78, 5) is 29.2. The second kappa shape index (κ2) is 11.5. The fraction of sp³-hybridized carbons (Fsp3) is 0.531. The van der Waals surface area contributed by atoms with Crippen LogP contribution in [0.1, 0.15) is 59.3 Å². The van der Waals surface area contributed by atoms with Gasteiger partial charge in [0.1, 0.15) is 11.8 Å². The average molecular weight is 607 g/mol. The molecule has 2 aromatic carbocycles. The number of methoxy groups -OCH3 is 2. The van der Waals surface area contributed by atoms with E-state index >= 15 is 0 Å². The molecule has 1 fully saturated rings. The number of fused-ring (bicyclic) bond motifs is 9. The summed E-state index contributed by atoms with van der Waals surface area (Å²) in [6.45, 7) is 6.95. The number of rotatable bonds is 7. The molecule has 2 bridgehead atoms. The summed E-state index contributed by atoms with van der Waals surface area (Å²) in [5, 5.41) is 13.8. The van der Waals surface area contributed by atoms with Crippen molar-refractivity contribution in [2.75, 3.05) is 41.4 Å². The van der Waals surface area contributed by atoms with Crippen LogP contribution in [0.25, 0.3) is 0 Å². The van der Waals surface area contributed by atoms with Gasteiger partial charge in [-0.1, -0.05) is 6.07 Å². The van der Waals surface area contributed by atoms with Crippen molar-refractivity contribution in [3.8, 4) is 34.8 Å². The molecule has 0 saturated carbocycles. The highest BCUT2D eigenvalue weighted by Crippen LogP contribution is 2.58. The maximum absolute atomic E-state index is 12.4. The van der Waals surface area contributed by atoms with Gasteiger partial charge in [-0.15, -0.1) is 0 Å². The Morgan fingerprint density at radius 1 is 1.07 bits per heavy atom. The molecule has 6 rings (SSSR count). The summed E-state index contributed by atoms with van der Waals surface area (Å²) in [7, 11) is 5.24. The summed E-state index contributed by atoms with van der Waals surface area (Å²) >= 11 is 0. The minimum atomic E-state index is -0.525. The van der Waals surface area contributed by atoms with E-state index in [0.29, 0.717) is 47.2 Å². The van der Waals surface area contributed by atoms with Gasteiger partial charge in [0, 0.05) is 61.8 Å². The fourth-order valence-corrected chi connectivity index (χ4v) is 7.79. The Morgan fingerprint density at radius 3 is 2.48 bits per heavy atom. The second-order valence-electron chi connectivity index (χ2n) is 11.8. The summed E-state index contributed by atoms with van der Waals surface area (Å²) in [5.41, 5.74) is 5.24. The molecule has 2 aromatic rings. The van der Waals surface area contributed by atoms with Crippen molar-refractivity contribution >= 4 is 11.9 Å². The van der Waals surface area contributed by atoms with E-state index in [4.69, 9.17) is 28.4 Å². The SMILES string of the molecule is COCOc1c(OC)c(C)cc2c1C1C3Cc4c(OC(C)=O)c(C)c5c(c4C(CNC(C)=O)N3[C@@H](C#N)C(C2)N1C)OCO5. The first-order valence-corrected chi connectivity index (χ1v) is 14.7. The molecule has 4 heterocycles. The zero-order valence-electron chi connectivity index (χ0n) is 26.1. The van der Waals surface area contributed by atoms with Gasteiger partial charge in [-0.3, -0.25) is 19.4 Å². The maximum Gasteiger partial charge on any atom is 0.308 e. The normalized spacial score (nSPS) is 24.8. The second-order valence-corrected chi connectivity index (χ2v) is 11.8. The van der Waals surface area contributed by atoms with Gasteiger partial charge >= 0.3 is 5.97 Å². The number of ether oxygens (including phenoxy) is 6. The van der Waals surface area contributed by atoms with E-state index in [1.54, 1.807) is 14.2 Å². The predicted molar refractivity (Wildman–Crippen MR) is 157 cm³/mol. The van der Waals surface area contributed by atoms with Crippen molar-refractivity contribution in [2.24, 2.45) is 0 Å². The molecule has 1 N–H and O–H groups in total. The molecule has 0 radical (unpaired) electrons. The molecule has 4 aliphatic heterocycles. The van der Waals surface area contributed by atoms with Crippen LogP contribution in [0.5, 0.6) is 28.7 Å². The van der Waals surface area contributed by atoms with Gasteiger partial charge in [0.05, 0.1) is 25.3 Å². The standard InChI is InChI=1S/C32H38N4O8/c1-15-8-19-9-21-23(11-33)36-22(27(35(21)5)25(19)31(28(15)40-7)41-13-39-6)10-20-26(24(36)12-34-17(3)37)32-30(42-14-43-32)16(2)29(20)44-18(4)38/h8,21-24,27H,9-10,12-14H2,1-7H3,(H,34,37)/t21?,22?,23-,24?,27?/m0/s1. The Morgan fingerprint density at radius 2 is 1.82 bits per heavy atom. The third-order valence-electron chi connectivity index (χ3n) is 9.36. The molecule has 234 valence electrons. The van der Waals surface area contributed by atoms with Gasteiger partial charge in [0.25, 0.3) is 0 Å². The Balaban J connectivity index is 1.62. The Kier molecular flexibility index (Phi) is 7.82. The molecule has 0 aromatic heterocycles. The minimum absolute atomic E-state index is 0.0187. The molecule has 1 amide bonds. The van der Waals surface area contributed by atoms with Crippen LogP contribution in [-0.2, 0) is 27.2 Å². The van der Waals surface area contributed by atoms with Crippen LogP contribution < -0.4 is 29.0 Å². The highest BCUT2D eigenvalue weighted by atomic mass is 16.7. The first-order chi connectivity index (χ1) is 21.1. The number of aryl methyl sites for hydroxylation is 1. The number of nitriles is 1. The van der Waals surface area contributed by atoms with E-state index in [-0.39, 0.29) is 44.2 Å². The Labute approximate surface area is 256 Å². The lowest BCUT2D eigenvalue weighted by molar-refractivity contribution is -0.132. The number of esters is 1. The lowest BCUT2D eigenvalue weighted by Gasteiger charge is -2.60. The van der Waals surface area contributed by atoms with Gasteiger partial charge in [-0.05, 0) is 44.9 Å². The van der Waals surface area contributed by atoms with Gasteiger partial charge in [-0.25, -0.2) is 0 Å². The van der Waals surface area contributed by atoms with Crippen LogP contribution in [-0.4, -0.2) is 81.2 Å². The number of amides is 1. The van der Waals surface area contributed by atoms with Crippen molar-refractivity contribution < 1.29 is 38.0 Å². The average Bonchev–Trinajstić information content (AvgIpc) is 3.47. The fourth-order valence-electron chi connectivity index (χ4n) is 7.79. The number of hydrogen-bond acceptors (Lipinski definition) is 11. The molecular formula is C32H38N4O8. The van der Waals surface area contributed by atoms with Crippen molar-refractivity contribution in [1.29, 1.82) is 5.26 Å². The monoisotopic (exact) mass is 606 g/mol. The van der Waals surface area contributed by atoms with Crippen molar-refractivity contribution in [3.05, 3.63) is 39.4 Å². The number of benzene rings is 2. The molecule has 44 heavy (non-hydrogen) atoms. The molecule has 12 nitrogen and oxygen atoms in total. The quantitative estimate of drug-likeness (QED) is 0.284. The summed E-state index contributed by atoms with van der Waals surface area (Å²) in [6, 6.07) is 3.08. The van der Waals surface area contributed by atoms with Crippen molar-refractivity contribution in [1.82, 2.24) is 15.1 Å². The predicted octanol–water partition coefficient (Wildman–Crippen LogP) is 2.86. The zero-order chi connectivity index (χ0) is 31.4. The van der Waals surface area contributed by atoms with E-state index in [0.717, 1.165) is 27.8 Å². The van der Waals surface area contributed by atoms with Crippen LogP contribution >= 0.6 is 0 Å². The molecule has 1 saturated heterocycles. The molecule has 4 aliphatic rings. The van der Waals surface area contributed by atoms with Gasteiger partial charge in [0.2, 0.25) is 12.7 Å². The number of nitrogens with zero attached hydrogens (tertiary/aromatic N) is 3. The smallest absolute Gasteiger partial charge is 0.308 e. The molecule has 0 spiro atoms. The maximum atomic E-state index is 12.4. The van der Waals surface area contributed by atoms with Gasteiger partial charge < -0.3 is 33.7 Å². The summed E-state index contributed by atoms with van der Waals surface area (Å²) < 4.78 is 35.2. The number of hydrogen-bond donors (Lipinski definition) is 1. The van der Waals surface area contributed by atoms with Crippen LogP contribution in [0.4, 0.5) is 0 Å². The molecule has 5 atom stereocenters. The van der Waals surface area contributed by atoms with Gasteiger partial charge in [-0.2, -0.15) is 5.26 Å².